The Hall–Kier alpha value is -4.46. The fourth-order valence-corrected chi connectivity index (χ4v) is 14.3. The lowest BCUT2D eigenvalue weighted by atomic mass is 9.93. The third kappa shape index (κ3) is 6.67. The normalized spacial score (nSPS) is 14.1. The van der Waals surface area contributed by atoms with Crippen LogP contribution in [-0.4, -0.2) is 8.07 Å². The molecular weight excluding hydrogens is 653 g/mol. The van der Waals surface area contributed by atoms with E-state index < -0.39 is 8.07 Å². The molecule has 0 nitrogen and oxygen atoms in total. The molecular formula is C52H56Si. The summed E-state index contributed by atoms with van der Waals surface area (Å²) in [4.78, 5) is 0. The molecule has 0 atom stereocenters. The quantitative estimate of drug-likeness (QED) is 0.0780. The molecule has 1 heteroatoms. The molecule has 0 heterocycles. The first-order chi connectivity index (χ1) is 26.0. The summed E-state index contributed by atoms with van der Waals surface area (Å²) in [5.41, 5.74) is 15.3. The Bertz CT molecular complexity index is 2170. The molecule has 2 aliphatic carbocycles. The Balaban J connectivity index is 1.36. The first-order valence-electron chi connectivity index (χ1n) is 20.7. The van der Waals surface area contributed by atoms with E-state index in [9.17, 15) is 0 Å². The van der Waals surface area contributed by atoms with E-state index in [0.717, 1.165) is 12.8 Å². The van der Waals surface area contributed by atoms with Gasteiger partial charge in [0.2, 0.25) is 0 Å². The van der Waals surface area contributed by atoms with Gasteiger partial charge >= 0.3 is 0 Å². The molecule has 268 valence electrons. The summed E-state index contributed by atoms with van der Waals surface area (Å²) in [5.74, 6) is 0. The molecule has 0 unspecified atom stereocenters. The molecule has 0 aromatic heterocycles. The van der Waals surface area contributed by atoms with E-state index in [1.54, 1.807) is 43.8 Å². The third-order valence-electron chi connectivity index (χ3n) is 12.4. The molecule has 0 bridgehead atoms. The van der Waals surface area contributed by atoms with Crippen LogP contribution in [0.4, 0.5) is 0 Å². The SMILES string of the molecule is CCCCCCC1=C([Si](C)(C)C2=C(CCCCCC)Cc3cccc(-c4cccc5ccccc45)c32)c2c(cccc2-c2cccc3ccccc23)C1. The predicted molar refractivity (Wildman–Crippen MR) is 235 cm³/mol. The molecule has 6 aromatic carbocycles. The van der Waals surface area contributed by atoms with Gasteiger partial charge in [0.25, 0.3) is 0 Å². The van der Waals surface area contributed by atoms with Crippen LogP contribution in [0.3, 0.4) is 0 Å². The Morgan fingerprint density at radius 3 is 1.26 bits per heavy atom. The van der Waals surface area contributed by atoms with Crippen LogP contribution in [0.5, 0.6) is 0 Å². The summed E-state index contributed by atoms with van der Waals surface area (Å²) in [6.07, 6.45) is 15.1. The van der Waals surface area contributed by atoms with E-state index in [2.05, 4.69) is 148 Å². The van der Waals surface area contributed by atoms with Crippen molar-refractivity contribution < 1.29 is 0 Å². The van der Waals surface area contributed by atoms with Crippen molar-refractivity contribution in [2.75, 3.05) is 0 Å². The highest BCUT2D eigenvalue weighted by atomic mass is 28.3. The van der Waals surface area contributed by atoms with Gasteiger partial charge in [-0.15, -0.1) is 0 Å². The third-order valence-corrected chi connectivity index (χ3v) is 16.1. The standard InChI is InChI=1S/C52H56Si/c1-5-7-9-11-23-41-35-39-27-19-33-47(45-31-17-25-37-21-13-15-29-43(37)45)49(39)51(41)53(3,4)52-42(24-12-10-8-6-2)36-40-28-20-34-48(50(40)52)46-32-18-26-38-22-14-16-30-44(38)46/h13-22,25-34H,5-12,23-24,35-36H2,1-4H3. The van der Waals surface area contributed by atoms with Crippen LogP contribution in [0.2, 0.25) is 13.1 Å². The van der Waals surface area contributed by atoms with Crippen molar-refractivity contribution in [2.45, 2.75) is 104 Å². The average molecular weight is 709 g/mol. The Labute approximate surface area is 319 Å². The minimum absolute atomic E-state index is 1.10. The summed E-state index contributed by atoms with van der Waals surface area (Å²) in [6.45, 7) is 10.1. The number of hydrogen-bond acceptors (Lipinski definition) is 0. The average Bonchev–Trinajstić information content (AvgIpc) is 3.77. The van der Waals surface area contributed by atoms with Crippen molar-refractivity contribution in [2.24, 2.45) is 0 Å². The van der Waals surface area contributed by atoms with Gasteiger partial charge < -0.3 is 0 Å². The van der Waals surface area contributed by atoms with E-state index in [1.165, 1.54) is 108 Å². The number of unbranched alkanes of at least 4 members (excludes halogenated alkanes) is 6. The number of allylic oxidation sites excluding steroid dienone is 2. The summed E-state index contributed by atoms with van der Waals surface area (Å²) in [7, 11) is -2.31. The maximum Gasteiger partial charge on any atom is 0.113 e. The molecule has 0 spiro atoms. The maximum atomic E-state index is 2.74. The van der Waals surface area contributed by atoms with E-state index in [1.807, 2.05) is 0 Å². The van der Waals surface area contributed by atoms with Gasteiger partial charge in [0, 0.05) is 0 Å². The lowest BCUT2D eigenvalue weighted by Gasteiger charge is -2.33. The molecule has 0 fully saturated rings. The topological polar surface area (TPSA) is 0 Å². The van der Waals surface area contributed by atoms with Gasteiger partial charge in [-0.25, -0.2) is 0 Å². The van der Waals surface area contributed by atoms with Crippen LogP contribution in [-0.2, 0) is 12.8 Å². The smallest absolute Gasteiger partial charge is 0.0655 e. The van der Waals surface area contributed by atoms with Crippen LogP contribution in [0.25, 0.3) is 54.2 Å². The van der Waals surface area contributed by atoms with Crippen LogP contribution >= 0.6 is 0 Å². The van der Waals surface area contributed by atoms with Gasteiger partial charge in [-0.1, -0.05) is 198 Å². The lowest BCUT2D eigenvalue weighted by molar-refractivity contribution is 0.661. The van der Waals surface area contributed by atoms with E-state index >= 15 is 0 Å². The summed E-state index contributed by atoms with van der Waals surface area (Å²) in [5, 5.41) is 8.86. The zero-order valence-electron chi connectivity index (χ0n) is 32.5. The molecule has 0 amide bonds. The minimum atomic E-state index is -2.31. The van der Waals surface area contributed by atoms with E-state index in [-0.39, 0.29) is 0 Å². The molecule has 6 aromatic rings. The summed E-state index contributed by atoms with van der Waals surface area (Å²) in [6, 6.07) is 46.3. The second-order valence-electron chi connectivity index (χ2n) is 16.3. The zero-order valence-corrected chi connectivity index (χ0v) is 33.5. The van der Waals surface area contributed by atoms with Gasteiger partial charge in [-0.05, 0) is 115 Å². The second kappa shape index (κ2) is 15.5. The minimum Gasteiger partial charge on any atom is -0.0655 e. The Morgan fingerprint density at radius 1 is 0.415 bits per heavy atom. The monoisotopic (exact) mass is 708 g/mol. The van der Waals surface area contributed by atoms with Gasteiger partial charge in [-0.2, -0.15) is 0 Å². The number of benzene rings is 6. The highest BCUT2D eigenvalue weighted by Crippen LogP contribution is 2.54. The highest BCUT2D eigenvalue weighted by Gasteiger charge is 2.43. The summed E-state index contributed by atoms with van der Waals surface area (Å²) < 4.78 is 0. The fraction of sp³-hybridized carbons (Fsp3) is 0.308. The highest BCUT2D eigenvalue weighted by molar-refractivity contribution is 7.09. The molecule has 0 radical (unpaired) electrons. The van der Waals surface area contributed by atoms with Gasteiger partial charge in [0.05, 0.1) is 0 Å². The molecule has 0 N–H and O–H groups in total. The van der Waals surface area contributed by atoms with Gasteiger partial charge in [-0.3, -0.25) is 0 Å². The largest absolute Gasteiger partial charge is 0.113 e. The molecule has 0 aliphatic heterocycles. The Kier molecular flexibility index (Phi) is 10.4. The van der Waals surface area contributed by atoms with Crippen molar-refractivity contribution in [3.8, 4) is 22.3 Å². The van der Waals surface area contributed by atoms with Gasteiger partial charge in [0.15, 0.2) is 0 Å². The molecule has 53 heavy (non-hydrogen) atoms. The number of hydrogen-bond donors (Lipinski definition) is 0. The van der Waals surface area contributed by atoms with Crippen LogP contribution < -0.4 is 0 Å². The van der Waals surface area contributed by atoms with Crippen LogP contribution in [0.15, 0.2) is 132 Å². The first-order valence-corrected chi connectivity index (χ1v) is 23.7. The van der Waals surface area contributed by atoms with Crippen LogP contribution in [0, 0.1) is 0 Å². The van der Waals surface area contributed by atoms with Crippen LogP contribution in [0.1, 0.15) is 100 Å². The van der Waals surface area contributed by atoms with Gasteiger partial charge in [0.1, 0.15) is 8.07 Å². The fourth-order valence-electron chi connectivity index (χ4n) is 10.0. The lowest BCUT2D eigenvalue weighted by Crippen LogP contribution is -2.32. The van der Waals surface area contributed by atoms with Crippen molar-refractivity contribution in [1.82, 2.24) is 0 Å². The molecule has 2 aliphatic rings. The van der Waals surface area contributed by atoms with Crippen molar-refractivity contribution in [3.63, 3.8) is 0 Å². The Morgan fingerprint density at radius 2 is 0.811 bits per heavy atom. The van der Waals surface area contributed by atoms with E-state index in [0.29, 0.717) is 0 Å². The maximum absolute atomic E-state index is 2.74. The summed E-state index contributed by atoms with van der Waals surface area (Å²) >= 11 is 0. The second-order valence-corrected chi connectivity index (χ2v) is 20.5. The first kappa shape index (κ1) is 35.6. The van der Waals surface area contributed by atoms with E-state index in [4.69, 9.17) is 0 Å². The predicted octanol–water partition coefficient (Wildman–Crippen LogP) is 15.4. The molecule has 0 saturated carbocycles. The molecule has 8 rings (SSSR count). The van der Waals surface area contributed by atoms with Crippen molar-refractivity contribution >= 4 is 40.0 Å². The number of fused-ring (bicyclic) bond motifs is 4. The van der Waals surface area contributed by atoms with Crippen molar-refractivity contribution in [3.05, 3.63) is 155 Å². The molecule has 0 saturated heterocycles. The zero-order chi connectivity index (χ0) is 36.4. The van der Waals surface area contributed by atoms with Crippen molar-refractivity contribution in [1.29, 1.82) is 0 Å². The number of rotatable bonds is 14.